The zero-order chi connectivity index (χ0) is 18.0. The average Bonchev–Trinajstić information content (AvgIpc) is 3.13. The molecular weight excluding hydrogens is 318 g/mol. The summed E-state index contributed by atoms with van der Waals surface area (Å²) >= 11 is 0. The number of nitrogens with one attached hydrogen (secondary N) is 1. The van der Waals surface area contributed by atoms with Gasteiger partial charge in [0.1, 0.15) is 11.5 Å². The highest BCUT2D eigenvalue weighted by Crippen LogP contribution is 2.30. The number of rotatable bonds is 5. The Hall–Kier alpha value is -2.15. The minimum atomic E-state index is -0.00558. The summed E-state index contributed by atoms with van der Waals surface area (Å²) in [5, 5.41) is 11.7. The molecule has 1 N–H and O–H groups in total. The minimum absolute atomic E-state index is 0.00558. The van der Waals surface area contributed by atoms with E-state index in [0.29, 0.717) is 6.54 Å². The van der Waals surface area contributed by atoms with E-state index in [4.69, 9.17) is 4.52 Å². The molecule has 0 bridgehead atoms. The van der Waals surface area contributed by atoms with Crippen LogP contribution in [-0.2, 0) is 11.3 Å². The summed E-state index contributed by atoms with van der Waals surface area (Å²) in [6, 6.07) is 2.12. The monoisotopic (exact) mass is 345 g/mol. The van der Waals surface area contributed by atoms with Crippen molar-refractivity contribution in [3.8, 4) is 0 Å². The fraction of sp³-hybridized carbons (Fsp3) is 0.611. The molecule has 7 heteroatoms. The maximum absolute atomic E-state index is 12.6. The van der Waals surface area contributed by atoms with Crippen LogP contribution in [0.2, 0.25) is 0 Å². The second-order valence-corrected chi connectivity index (χ2v) is 6.75. The second-order valence-electron chi connectivity index (χ2n) is 6.75. The van der Waals surface area contributed by atoms with Crippen molar-refractivity contribution in [2.45, 2.75) is 59.5 Å². The number of likely N-dealkylation sites (tertiary alicyclic amines) is 1. The summed E-state index contributed by atoms with van der Waals surface area (Å²) in [4.78, 5) is 14.8. The quantitative estimate of drug-likeness (QED) is 0.901. The molecule has 0 saturated carbocycles. The summed E-state index contributed by atoms with van der Waals surface area (Å²) in [6.45, 7) is 9.90. The number of aromatic nitrogens is 3. The standard InChI is InChI=1S/C18H27N5O2/c1-5-23-14(4)18(13(3)20-23)19-17(24)11-22-9-7-6-8-16(22)15-10-12(2)25-21-15/h10,16H,5-9,11H2,1-4H3,(H,19,24)/t16-/m1/s1. The van der Waals surface area contributed by atoms with Gasteiger partial charge in [0.05, 0.1) is 29.7 Å². The van der Waals surface area contributed by atoms with Crippen LogP contribution in [0, 0.1) is 20.8 Å². The van der Waals surface area contributed by atoms with E-state index < -0.39 is 0 Å². The molecule has 7 nitrogen and oxygen atoms in total. The maximum atomic E-state index is 12.6. The molecule has 1 saturated heterocycles. The van der Waals surface area contributed by atoms with Crippen molar-refractivity contribution >= 4 is 11.6 Å². The van der Waals surface area contributed by atoms with Gasteiger partial charge in [-0.1, -0.05) is 11.6 Å². The second kappa shape index (κ2) is 7.39. The Morgan fingerprint density at radius 3 is 2.80 bits per heavy atom. The van der Waals surface area contributed by atoms with Crippen molar-refractivity contribution < 1.29 is 9.32 Å². The van der Waals surface area contributed by atoms with Gasteiger partial charge in [-0.15, -0.1) is 0 Å². The van der Waals surface area contributed by atoms with Gasteiger partial charge in [-0.25, -0.2) is 0 Å². The molecule has 3 rings (SSSR count). The molecule has 1 amide bonds. The first kappa shape index (κ1) is 17.7. The molecule has 0 spiro atoms. The van der Waals surface area contributed by atoms with E-state index in [-0.39, 0.29) is 11.9 Å². The topological polar surface area (TPSA) is 76.2 Å². The van der Waals surface area contributed by atoms with Gasteiger partial charge in [0.25, 0.3) is 0 Å². The Bertz CT molecular complexity index is 749. The fourth-order valence-electron chi connectivity index (χ4n) is 3.61. The highest BCUT2D eigenvalue weighted by Gasteiger charge is 2.28. The van der Waals surface area contributed by atoms with Crippen LogP contribution >= 0.6 is 0 Å². The molecule has 0 aromatic carbocycles. The summed E-state index contributed by atoms with van der Waals surface area (Å²) in [5.74, 6) is 0.803. The Morgan fingerprint density at radius 2 is 2.16 bits per heavy atom. The first-order valence-corrected chi connectivity index (χ1v) is 9.00. The van der Waals surface area contributed by atoms with Crippen molar-refractivity contribution in [3.63, 3.8) is 0 Å². The van der Waals surface area contributed by atoms with Gasteiger partial charge in [-0.2, -0.15) is 5.10 Å². The molecule has 3 heterocycles. The number of nitrogens with zero attached hydrogens (tertiary/aromatic N) is 4. The smallest absolute Gasteiger partial charge is 0.238 e. The minimum Gasteiger partial charge on any atom is -0.361 e. The predicted molar refractivity (Wildman–Crippen MR) is 95.4 cm³/mol. The number of carbonyl (C=O) groups excluding carboxylic acids is 1. The molecule has 1 atom stereocenters. The van der Waals surface area contributed by atoms with E-state index in [1.54, 1.807) is 0 Å². The van der Waals surface area contributed by atoms with Crippen LogP contribution in [0.25, 0.3) is 0 Å². The van der Waals surface area contributed by atoms with Gasteiger partial charge in [-0.3, -0.25) is 14.4 Å². The highest BCUT2D eigenvalue weighted by molar-refractivity contribution is 5.93. The number of aryl methyl sites for hydroxylation is 3. The summed E-state index contributed by atoms with van der Waals surface area (Å²) < 4.78 is 7.13. The maximum Gasteiger partial charge on any atom is 0.238 e. The molecule has 0 unspecified atom stereocenters. The number of amides is 1. The molecule has 0 aliphatic carbocycles. The third-order valence-corrected chi connectivity index (χ3v) is 4.89. The Kier molecular flexibility index (Phi) is 5.22. The number of hydrogen-bond donors (Lipinski definition) is 1. The first-order chi connectivity index (χ1) is 12.0. The van der Waals surface area contributed by atoms with Crippen LogP contribution in [-0.4, -0.2) is 38.8 Å². The molecule has 1 aliphatic heterocycles. The van der Waals surface area contributed by atoms with E-state index in [1.165, 1.54) is 0 Å². The molecule has 2 aromatic rings. The lowest BCUT2D eigenvalue weighted by atomic mass is 9.99. The number of carbonyl (C=O) groups is 1. The van der Waals surface area contributed by atoms with Crippen molar-refractivity contribution in [1.29, 1.82) is 0 Å². The zero-order valence-corrected chi connectivity index (χ0v) is 15.5. The first-order valence-electron chi connectivity index (χ1n) is 9.00. The van der Waals surface area contributed by atoms with Gasteiger partial charge in [0.2, 0.25) is 5.91 Å². The molecule has 1 fully saturated rings. The van der Waals surface area contributed by atoms with Crippen molar-refractivity contribution in [1.82, 2.24) is 19.8 Å². The lowest BCUT2D eigenvalue weighted by molar-refractivity contribution is -0.118. The summed E-state index contributed by atoms with van der Waals surface area (Å²) in [5.41, 5.74) is 3.61. The largest absolute Gasteiger partial charge is 0.361 e. The van der Waals surface area contributed by atoms with Crippen LogP contribution in [0.4, 0.5) is 5.69 Å². The summed E-state index contributed by atoms with van der Waals surface area (Å²) in [7, 11) is 0. The van der Waals surface area contributed by atoms with Gasteiger partial charge in [-0.05, 0) is 47.1 Å². The molecular formula is C18H27N5O2. The third-order valence-electron chi connectivity index (χ3n) is 4.89. The Labute approximate surface area is 148 Å². The molecule has 1 aliphatic rings. The van der Waals surface area contributed by atoms with Crippen molar-refractivity contribution in [3.05, 3.63) is 28.9 Å². The van der Waals surface area contributed by atoms with Gasteiger partial charge in [0, 0.05) is 12.6 Å². The van der Waals surface area contributed by atoms with E-state index in [0.717, 1.165) is 60.9 Å². The lowest BCUT2D eigenvalue weighted by Crippen LogP contribution is -2.39. The highest BCUT2D eigenvalue weighted by atomic mass is 16.5. The number of hydrogen-bond acceptors (Lipinski definition) is 5. The van der Waals surface area contributed by atoms with Gasteiger partial charge < -0.3 is 9.84 Å². The van der Waals surface area contributed by atoms with E-state index >= 15 is 0 Å². The van der Waals surface area contributed by atoms with Gasteiger partial charge in [0.15, 0.2) is 0 Å². The van der Waals surface area contributed by atoms with E-state index in [1.807, 2.05) is 38.4 Å². The Morgan fingerprint density at radius 1 is 1.36 bits per heavy atom. The SMILES string of the molecule is CCn1nc(C)c(NC(=O)CN2CCCC[C@@H]2c2cc(C)on2)c1C. The van der Waals surface area contributed by atoms with Crippen LogP contribution in [0.5, 0.6) is 0 Å². The van der Waals surface area contributed by atoms with Crippen LogP contribution in [0.1, 0.15) is 55.1 Å². The van der Waals surface area contributed by atoms with Crippen LogP contribution < -0.4 is 5.32 Å². The van der Waals surface area contributed by atoms with E-state index in [2.05, 4.69) is 20.5 Å². The van der Waals surface area contributed by atoms with E-state index in [9.17, 15) is 4.79 Å². The Balaban J connectivity index is 1.70. The number of piperidine rings is 1. The lowest BCUT2D eigenvalue weighted by Gasteiger charge is -2.33. The van der Waals surface area contributed by atoms with Crippen molar-refractivity contribution in [2.24, 2.45) is 0 Å². The third kappa shape index (κ3) is 3.76. The zero-order valence-electron chi connectivity index (χ0n) is 15.5. The predicted octanol–water partition coefficient (Wildman–Crippen LogP) is 2.98. The van der Waals surface area contributed by atoms with Crippen LogP contribution in [0.3, 0.4) is 0 Å². The molecule has 25 heavy (non-hydrogen) atoms. The number of anilines is 1. The molecule has 136 valence electrons. The molecule has 0 radical (unpaired) electrons. The fourth-order valence-corrected chi connectivity index (χ4v) is 3.61. The summed E-state index contributed by atoms with van der Waals surface area (Å²) in [6.07, 6.45) is 3.26. The average molecular weight is 345 g/mol. The molecule has 2 aromatic heterocycles. The van der Waals surface area contributed by atoms with Crippen LogP contribution in [0.15, 0.2) is 10.6 Å². The normalized spacial score (nSPS) is 18.5. The van der Waals surface area contributed by atoms with Crippen molar-refractivity contribution in [2.75, 3.05) is 18.4 Å². The van der Waals surface area contributed by atoms with Gasteiger partial charge >= 0.3 is 0 Å².